The maximum Gasteiger partial charge on any atom is 0.416 e. The third-order valence-corrected chi connectivity index (χ3v) is 7.58. The van der Waals surface area contributed by atoms with E-state index >= 15 is 0 Å². The number of nitrogens with one attached hydrogen (secondary N) is 1. The number of aromatic nitrogens is 1. The summed E-state index contributed by atoms with van der Waals surface area (Å²) in [4.78, 5) is 4.24. The van der Waals surface area contributed by atoms with Crippen molar-refractivity contribution in [3.63, 3.8) is 0 Å². The molecule has 0 aliphatic rings. The molecule has 3 aromatic carbocycles. The van der Waals surface area contributed by atoms with Gasteiger partial charge in [0.25, 0.3) is 0 Å². The molecule has 1 N–H and O–H groups in total. The Kier molecular flexibility index (Phi) is 7.21. The van der Waals surface area contributed by atoms with Crippen LogP contribution < -0.4 is 4.72 Å². The number of pyridine rings is 1. The van der Waals surface area contributed by atoms with Crippen molar-refractivity contribution in [3.05, 3.63) is 130 Å². The molecule has 1 aromatic heterocycles. The van der Waals surface area contributed by atoms with Crippen LogP contribution >= 0.6 is 0 Å². The van der Waals surface area contributed by atoms with E-state index in [1.54, 1.807) is 49.4 Å². The van der Waals surface area contributed by atoms with Crippen molar-refractivity contribution in [3.8, 4) is 0 Å². The standard InChI is InChI=1S/C28H24F4N2O2S/c1-19-11-14-26(33-18-19)27(17-21-7-4-3-5-8-21,22-9-6-10-23(16-22)28(30,31)32)34-37(35,36)24-12-13-25(29)20(2)15-24/h3-16,18,34H,17H2,1-2H3. The van der Waals surface area contributed by atoms with Crippen LogP contribution in [0.2, 0.25) is 0 Å². The van der Waals surface area contributed by atoms with Gasteiger partial charge in [0.05, 0.1) is 16.2 Å². The molecule has 0 radical (unpaired) electrons. The summed E-state index contributed by atoms with van der Waals surface area (Å²) in [6.07, 6.45) is -3.16. The minimum absolute atomic E-state index is 0.0371. The second-order valence-corrected chi connectivity index (χ2v) is 10.6. The average molecular weight is 529 g/mol. The molecule has 0 aliphatic heterocycles. The molecule has 0 amide bonds. The molecule has 1 heterocycles. The van der Waals surface area contributed by atoms with Crippen molar-refractivity contribution >= 4 is 10.0 Å². The van der Waals surface area contributed by atoms with E-state index < -0.39 is 33.1 Å². The largest absolute Gasteiger partial charge is 0.416 e. The van der Waals surface area contributed by atoms with Gasteiger partial charge in [-0.2, -0.15) is 17.9 Å². The molecule has 4 aromatic rings. The second-order valence-electron chi connectivity index (χ2n) is 8.88. The van der Waals surface area contributed by atoms with Crippen LogP contribution in [0.4, 0.5) is 17.6 Å². The lowest BCUT2D eigenvalue weighted by atomic mass is 9.81. The fourth-order valence-electron chi connectivity index (χ4n) is 4.14. The van der Waals surface area contributed by atoms with E-state index in [-0.39, 0.29) is 28.1 Å². The van der Waals surface area contributed by atoms with Crippen LogP contribution in [0.1, 0.15) is 33.5 Å². The van der Waals surface area contributed by atoms with Gasteiger partial charge in [-0.15, -0.1) is 0 Å². The number of sulfonamides is 1. The molecule has 4 rings (SSSR count). The van der Waals surface area contributed by atoms with Gasteiger partial charge in [-0.25, -0.2) is 12.8 Å². The Labute approximate surface area is 213 Å². The van der Waals surface area contributed by atoms with Crippen LogP contribution in [0.25, 0.3) is 0 Å². The summed E-state index contributed by atoms with van der Waals surface area (Å²) in [7, 11) is -4.37. The first-order chi connectivity index (χ1) is 17.4. The number of alkyl halides is 3. The summed E-state index contributed by atoms with van der Waals surface area (Å²) in [5.41, 5.74) is -0.806. The zero-order valence-electron chi connectivity index (χ0n) is 20.1. The first-order valence-corrected chi connectivity index (χ1v) is 12.8. The maximum absolute atomic E-state index is 13.9. The number of benzene rings is 3. The van der Waals surface area contributed by atoms with Crippen LogP contribution in [-0.4, -0.2) is 13.4 Å². The lowest BCUT2D eigenvalue weighted by Crippen LogP contribution is -2.49. The third kappa shape index (κ3) is 5.73. The number of halogens is 4. The number of rotatable bonds is 7. The predicted molar refractivity (Wildman–Crippen MR) is 133 cm³/mol. The third-order valence-electron chi connectivity index (χ3n) is 6.09. The summed E-state index contributed by atoms with van der Waals surface area (Å²) in [5.74, 6) is -0.576. The molecular formula is C28H24F4N2O2S. The summed E-state index contributed by atoms with van der Waals surface area (Å²) in [5, 5.41) is 0. The SMILES string of the molecule is Cc1ccc(C(Cc2ccccc2)(NS(=O)(=O)c2ccc(F)c(C)c2)c2cccc(C(F)(F)F)c2)nc1. The summed E-state index contributed by atoms with van der Waals surface area (Å²) in [6, 6.07) is 20.0. The topological polar surface area (TPSA) is 59.1 Å². The molecular weight excluding hydrogens is 504 g/mol. The smallest absolute Gasteiger partial charge is 0.259 e. The second kappa shape index (κ2) is 10.1. The van der Waals surface area contributed by atoms with Crippen molar-refractivity contribution in [2.24, 2.45) is 0 Å². The average Bonchev–Trinajstić information content (AvgIpc) is 2.85. The van der Waals surface area contributed by atoms with E-state index in [1.807, 2.05) is 0 Å². The molecule has 1 atom stereocenters. The number of hydrogen-bond donors (Lipinski definition) is 1. The molecule has 37 heavy (non-hydrogen) atoms. The first kappa shape index (κ1) is 26.5. The van der Waals surface area contributed by atoms with Gasteiger partial charge in [-0.1, -0.05) is 48.5 Å². The van der Waals surface area contributed by atoms with Crippen LogP contribution in [-0.2, 0) is 28.2 Å². The molecule has 0 saturated carbocycles. The molecule has 0 fully saturated rings. The summed E-state index contributed by atoms with van der Waals surface area (Å²) in [6.45, 7) is 3.23. The Balaban J connectivity index is 2.00. The molecule has 192 valence electrons. The Morgan fingerprint density at radius 3 is 2.16 bits per heavy atom. The molecule has 1 unspecified atom stereocenters. The van der Waals surface area contributed by atoms with E-state index in [0.29, 0.717) is 5.56 Å². The maximum atomic E-state index is 13.9. The fourth-order valence-corrected chi connectivity index (χ4v) is 5.59. The Morgan fingerprint density at radius 2 is 1.54 bits per heavy atom. The van der Waals surface area contributed by atoms with Gasteiger partial charge >= 0.3 is 6.18 Å². The fraction of sp³-hybridized carbons (Fsp3) is 0.179. The van der Waals surface area contributed by atoms with Crippen LogP contribution in [0.3, 0.4) is 0 Å². The lowest BCUT2D eigenvalue weighted by molar-refractivity contribution is -0.137. The van der Waals surface area contributed by atoms with Crippen LogP contribution in [0.15, 0.2) is 96.0 Å². The van der Waals surface area contributed by atoms with Gasteiger partial charge in [0, 0.05) is 12.6 Å². The lowest BCUT2D eigenvalue weighted by Gasteiger charge is -2.35. The minimum Gasteiger partial charge on any atom is -0.259 e. The van der Waals surface area contributed by atoms with E-state index in [9.17, 15) is 26.0 Å². The zero-order valence-corrected chi connectivity index (χ0v) is 20.9. The predicted octanol–water partition coefficient (Wildman–Crippen LogP) is 6.32. The van der Waals surface area contributed by atoms with E-state index in [1.165, 1.54) is 31.3 Å². The molecule has 0 aliphatic carbocycles. The molecule has 4 nitrogen and oxygen atoms in total. The van der Waals surface area contributed by atoms with Gasteiger partial charge in [0.2, 0.25) is 10.0 Å². The minimum atomic E-state index is -4.65. The molecule has 0 bridgehead atoms. The quantitative estimate of drug-likeness (QED) is 0.286. The monoisotopic (exact) mass is 528 g/mol. The van der Waals surface area contributed by atoms with Crippen molar-refractivity contribution in [1.29, 1.82) is 0 Å². The van der Waals surface area contributed by atoms with Crippen molar-refractivity contribution in [2.75, 3.05) is 0 Å². The van der Waals surface area contributed by atoms with Crippen molar-refractivity contribution in [2.45, 2.75) is 36.9 Å². The first-order valence-electron chi connectivity index (χ1n) is 11.4. The van der Waals surface area contributed by atoms with Gasteiger partial charge in [-0.05, 0) is 72.5 Å². The highest BCUT2D eigenvalue weighted by molar-refractivity contribution is 7.89. The highest BCUT2D eigenvalue weighted by Gasteiger charge is 2.42. The van der Waals surface area contributed by atoms with E-state index in [0.717, 1.165) is 29.8 Å². The summed E-state index contributed by atoms with van der Waals surface area (Å²) < 4.78 is 85.2. The van der Waals surface area contributed by atoms with Gasteiger partial charge in [-0.3, -0.25) is 4.98 Å². The Bertz CT molecular complexity index is 1510. The Morgan fingerprint density at radius 1 is 0.838 bits per heavy atom. The van der Waals surface area contributed by atoms with Crippen LogP contribution in [0.5, 0.6) is 0 Å². The molecule has 0 spiro atoms. The van der Waals surface area contributed by atoms with E-state index in [4.69, 9.17) is 0 Å². The number of nitrogens with zero attached hydrogens (tertiary/aromatic N) is 1. The molecule has 9 heteroatoms. The molecule has 0 saturated heterocycles. The zero-order chi connectivity index (χ0) is 26.8. The van der Waals surface area contributed by atoms with E-state index in [2.05, 4.69) is 9.71 Å². The highest BCUT2D eigenvalue weighted by Crippen LogP contribution is 2.38. The highest BCUT2D eigenvalue weighted by atomic mass is 32.2. The van der Waals surface area contributed by atoms with Gasteiger partial charge < -0.3 is 0 Å². The normalized spacial score (nSPS) is 13.8. The van der Waals surface area contributed by atoms with Crippen molar-refractivity contribution in [1.82, 2.24) is 9.71 Å². The number of aryl methyl sites for hydroxylation is 2. The van der Waals surface area contributed by atoms with Gasteiger partial charge in [0.1, 0.15) is 11.4 Å². The van der Waals surface area contributed by atoms with Crippen LogP contribution in [0, 0.1) is 19.7 Å². The Hall–Kier alpha value is -3.56. The number of hydrogen-bond acceptors (Lipinski definition) is 3. The van der Waals surface area contributed by atoms with Crippen molar-refractivity contribution < 1.29 is 26.0 Å². The summed E-state index contributed by atoms with van der Waals surface area (Å²) >= 11 is 0. The van der Waals surface area contributed by atoms with Gasteiger partial charge in [0.15, 0.2) is 0 Å².